The second-order valence-electron chi connectivity index (χ2n) is 7.32. The Balaban J connectivity index is 2.18. The van der Waals surface area contributed by atoms with E-state index in [1.165, 1.54) is 24.6 Å². The van der Waals surface area contributed by atoms with Crippen molar-refractivity contribution in [2.24, 2.45) is 17.3 Å². The summed E-state index contributed by atoms with van der Waals surface area (Å²) in [6.45, 7) is 6.66. The Hall–Kier alpha value is -0.960. The van der Waals surface area contributed by atoms with Gasteiger partial charge in [0.05, 0.1) is 0 Å². The van der Waals surface area contributed by atoms with Crippen LogP contribution < -0.4 is 5.32 Å². The maximum absolute atomic E-state index is 13.9. The van der Waals surface area contributed by atoms with Crippen LogP contribution in [0.5, 0.6) is 0 Å². The number of benzene rings is 1. The predicted molar refractivity (Wildman–Crippen MR) is 83.2 cm³/mol. The summed E-state index contributed by atoms with van der Waals surface area (Å²) in [5, 5.41) is 3.43. The monoisotopic (exact) mass is 295 g/mol. The topological polar surface area (TPSA) is 12.0 Å². The first kappa shape index (κ1) is 16.4. The van der Waals surface area contributed by atoms with Gasteiger partial charge in [-0.1, -0.05) is 27.2 Å². The van der Waals surface area contributed by atoms with E-state index < -0.39 is 0 Å². The summed E-state index contributed by atoms with van der Waals surface area (Å²) in [6, 6.07) is 4.22. The summed E-state index contributed by atoms with van der Waals surface area (Å²) in [5.74, 6) is 0.570. The Kier molecular flexibility index (Phi) is 5.03. The summed E-state index contributed by atoms with van der Waals surface area (Å²) in [4.78, 5) is 0. The van der Waals surface area contributed by atoms with Gasteiger partial charge in [-0.15, -0.1) is 0 Å². The second kappa shape index (κ2) is 6.43. The standard InChI is InChI=1S/C18H27F2N/c1-12-5-7-15(17(9-12)21-4)18(2,3)11-13-10-14(19)6-8-16(13)20/h6,8,10,12,15,17,21H,5,7,9,11H2,1-4H3. The first-order valence-corrected chi connectivity index (χ1v) is 7.94. The SMILES string of the molecule is CNC1CC(C)CCC1C(C)(C)Cc1cc(F)ccc1F. The van der Waals surface area contributed by atoms with Gasteiger partial charge in [-0.25, -0.2) is 8.78 Å². The van der Waals surface area contributed by atoms with Crippen LogP contribution in [0.2, 0.25) is 0 Å². The van der Waals surface area contributed by atoms with Gasteiger partial charge < -0.3 is 5.32 Å². The number of rotatable bonds is 4. The average Bonchev–Trinajstić information content (AvgIpc) is 2.42. The molecule has 0 heterocycles. The average molecular weight is 295 g/mol. The van der Waals surface area contributed by atoms with Crippen LogP contribution in [0.1, 0.15) is 45.6 Å². The largest absolute Gasteiger partial charge is 0.317 e. The molecule has 1 aliphatic carbocycles. The van der Waals surface area contributed by atoms with Crippen molar-refractivity contribution in [2.45, 2.75) is 52.5 Å². The minimum Gasteiger partial charge on any atom is -0.317 e. The number of hydrogen-bond donors (Lipinski definition) is 1. The smallest absolute Gasteiger partial charge is 0.126 e. The zero-order valence-corrected chi connectivity index (χ0v) is 13.5. The van der Waals surface area contributed by atoms with Crippen LogP contribution in [0.4, 0.5) is 8.78 Å². The molecule has 1 saturated carbocycles. The van der Waals surface area contributed by atoms with Crippen LogP contribution in [-0.4, -0.2) is 13.1 Å². The molecule has 0 saturated heterocycles. The van der Waals surface area contributed by atoms with Crippen molar-refractivity contribution in [2.75, 3.05) is 7.05 Å². The van der Waals surface area contributed by atoms with Gasteiger partial charge in [0, 0.05) is 6.04 Å². The molecule has 3 atom stereocenters. The molecule has 0 aliphatic heterocycles. The molecule has 0 radical (unpaired) electrons. The van der Waals surface area contributed by atoms with Gasteiger partial charge in [0.25, 0.3) is 0 Å². The van der Waals surface area contributed by atoms with E-state index in [1.54, 1.807) is 0 Å². The van der Waals surface area contributed by atoms with Gasteiger partial charge in [0.1, 0.15) is 11.6 Å². The van der Waals surface area contributed by atoms with Crippen LogP contribution in [0.25, 0.3) is 0 Å². The Morgan fingerprint density at radius 2 is 1.95 bits per heavy atom. The molecular weight excluding hydrogens is 268 g/mol. The molecule has 0 spiro atoms. The molecule has 0 bridgehead atoms. The highest BCUT2D eigenvalue weighted by Crippen LogP contribution is 2.42. The lowest BCUT2D eigenvalue weighted by molar-refractivity contribution is 0.0972. The Morgan fingerprint density at radius 1 is 1.24 bits per heavy atom. The van der Waals surface area contributed by atoms with Crippen LogP contribution >= 0.6 is 0 Å². The van der Waals surface area contributed by atoms with Crippen LogP contribution in [0.3, 0.4) is 0 Å². The fourth-order valence-electron chi connectivity index (χ4n) is 3.94. The number of hydrogen-bond acceptors (Lipinski definition) is 1. The van der Waals surface area contributed by atoms with E-state index in [0.29, 0.717) is 23.9 Å². The fraction of sp³-hybridized carbons (Fsp3) is 0.667. The quantitative estimate of drug-likeness (QED) is 0.858. The highest BCUT2D eigenvalue weighted by Gasteiger charge is 2.38. The molecule has 2 rings (SSSR count). The Labute approximate surface area is 127 Å². The normalized spacial score (nSPS) is 26.9. The zero-order chi connectivity index (χ0) is 15.6. The van der Waals surface area contributed by atoms with Gasteiger partial charge in [-0.3, -0.25) is 0 Å². The van der Waals surface area contributed by atoms with E-state index in [-0.39, 0.29) is 17.0 Å². The van der Waals surface area contributed by atoms with Crippen molar-refractivity contribution in [1.29, 1.82) is 0 Å². The van der Waals surface area contributed by atoms with Crippen LogP contribution in [0.15, 0.2) is 18.2 Å². The molecule has 1 aromatic rings. The Morgan fingerprint density at radius 3 is 2.62 bits per heavy atom. The van der Waals surface area contributed by atoms with E-state index in [9.17, 15) is 8.78 Å². The third-order valence-corrected chi connectivity index (χ3v) is 5.14. The summed E-state index contributed by atoms with van der Waals surface area (Å²) < 4.78 is 27.3. The first-order chi connectivity index (χ1) is 9.83. The van der Waals surface area contributed by atoms with Crippen molar-refractivity contribution < 1.29 is 8.78 Å². The second-order valence-corrected chi connectivity index (χ2v) is 7.32. The molecule has 118 valence electrons. The van der Waals surface area contributed by atoms with Crippen molar-refractivity contribution in [3.63, 3.8) is 0 Å². The maximum Gasteiger partial charge on any atom is 0.126 e. The summed E-state index contributed by atoms with van der Waals surface area (Å²) in [7, 11) is 2.01. The molecule has 21 heavy (non-hydrogen) atoms. The molecular formula is C18H27F2N. The lowest BCUT2D eigenvalue weighted by Crippen LogP contribution is -2.46. The highest BCUT2D eigenvalue weighted by atomic mass is 19.1. The molecule has 1 N–H and O–H groups in total. The predicted octanol–water partition coefficient (Wildman–Crippen LogP) is 4.56. The van der Waals surface area contributed by atoms with Crippen LogP contribution in [-0.2, 0) is 6.42 Å². The van der Waals surface area contributed by atoms with Gasteiger partial charge in [-0.05, 0) is 67.3 Å². The van der Waals surface area contributed by atoms with E-state index in [0.717, 1.165) is 18.8 Å². The van der Waals surface area contributed by atoms with Crippen LogP contribution in [0, 0.1) is 28.9 Å². The molecule has 3 unspecified atom stereocenters. The van der Waals surface area contributed by atoms with E-state index in [4.69, 9.17) is 0 Å². The third-order valence-electron chi connectivity index (χ3n) is 5.14. The molecule has 1 aliphatic rings. The highest BCUT2D eigenvalue weighted by molar-refractivity contribution is 5.20. The molecule has 0 aromatic heterocycles. The maximum atomic E-state index is 13.9. The summed E-state index contributed by atoms with van der Waals surface area (Å²) >= 11 is 0. The van der Waals surface area contributed by atoms with E-state index in [1.807, 2.05) is 7.05 Å². The van der Waals surface area contributed by atoms with Crippen molar-refractivity contribution >= 4 is 0 Å². The third kappa shape index (κ3) is 3.82. The summed E-state index contributed by atoms with van der Waals surface area (Å²) in [5.41, 5.74) is 0.441. The first-order valence-electron chi connectivity index (χ1n) is 7.94. The molecule has 1 nitrogen and oxygen atoms in total. The molecule has 1 aromatic carbocycles. The van der Waals surface area contributed by atoms with E-state index in [2.05, 4.69) is 26.1 Å². The fourth-order valence-corrected chi connectivity index (χ4v) is 3.94. The van der Waals surface area contributed by atoms with Gasteiger partial charge in [0.2, 0.25) is 0 Å². The van der Waals surface area contributed by atoms with E-state index >= 15 is 0 Å². The number of nitrogens with one attached hydrogen (secondary N) is 1. The molecule has 3 heteroatoms. The lowest BCUT2D eigenvalue weighted by Gasteiger charge is -2.44. The molecule has 0 amide bonds. The lowest BCUT2D eigenvalue weighted by atomic mass is 9.64. The molecule has 1 fully saturated rings. The van der Waals surface area contributed by atoms with Gasteiger partial charge >= 0.3 is 0 Å². The summed E-state index contributed by atoms with van der Waals surface area (Å²) in [6.07, 6.45) is 4.11. The van der Waals surface area contributed by atoms with Crippen molar-refractivity contribution in [3.05, 3.63) is 35.4 Å². The number of halogens is 2. The van der Waals surface area contributed by atoms with Gasteiger partial charge in [0.15, 0.2) is 0 Å². The van der Waals surface area contributed by atoms with Gasteiger partial charge in [-0.2, -0.15) is 0 Å². The Bertz CT molecular complexity index is 484. The van der Waals surface area contributed by atoms with Crippen molar-refractivity contribution in [1.82, 2.24) is 5.32 Å². The minimum absolute atomic E-state index is 0.0531. The minimum atomic E-state index is -0.357. The van der Waals surface area contributed by atoms with Crippen molar-refractivity contribution in [3.8, 4) is 0 Å². The zero-order valence-electron chi connectivity index (χ0n) is 13.5.